The maximum atomic E-state index is 13.0. The lowest BCUT2D eigenvalue weighted by molar-refractivity contribution is -0.384. The number of piperidine rings is 1. The molecule has 1 aliphatic heterocycles. The van der Waals surface area contributed by atoms with Crippen molar-refractivity contribution in [3.8, 4) is 5.69 Å². The normalized spacial score (nSPS) is 14.9. The molecule has 1 aliphatic rings. The van der Waals surface area contributed by atoms with Gasteiger partial charge in [0.2, 0.25) is 0 Å². The highest BCUT2D eigenvalue weighted by atomic mass is 16.6. The Balaban J connectivity index is 1.31. The second-order valence-electron chi connectivity index (χ2n) is 8.01. The number of carbonyl (C=O) groups is 1. The molecule has 166 valence electrons. The number of hydrogen-bond donors (Lipinski definition) is 0. The van der Waals surface area contributed by atoms with E-state index in [2.05, 4.69) is 21.0 Å². The Morgan fingerprint density at radius 2 is 1.94 bits per heavy atom. The van der Waals surface area contributed by atoms with Gasteiger partial charge < -0.3 is 9.80 Å². The number of hydrogen-bond acceptors (Lipinski definition) is 6. The van der Waals surface area contributed by atoms with Crippen LogP contribution in [-0.4, -0.2) is 68.1 Å². The molecule has 1 saturated heterocycles. The molecular weight excluding hydrogens is 408 g/mol. The van der Waals surface area contributed by atoms with E-state index < -0.39 is 4.92 Å². The molecule has 9 nitrogen and oxygen atoms in total. The third-order valence-corrected chi connectivity index (χ3v) is 5.99. The molecule has 9 heteroatoms. The van der Waals surface area contributed by atoms with E-state index in [0.717, 1.165) is 44.6 Å². The minimum absolute atomic E-state index is 0.0170. The highest BCUT2D eigenvalue weighted by Gasteiger charge is 2.26. The number of pyridine rings is 1. The molecule has 3 heterocycles. The van der Waals surface area contributed by atoms with Crippen LogP contribution < -0.4 is 0 Å². The molecule has 0 spiro atoms. The van der Waals surface area contributed by atoms with E-state index in [4.69, 9.17) is 0 Å². The summed E-state index contributed by atoms with van der Waals surface area (Å²) in [7, 11) is 1.85. The first-order chi connectivity index (χ1) is 15.5. The Hall–Kier alpha value is -3.59. The molecule has 0 atom stereocenters. The molecular formula is C23H26N6O3. The first-order valence-electron chi connectivity index (χ1n) is 10.7. The quantitative estimate of drug-likeness (QED) is 0.419. The zero-order valence-corrected chi connectivity index (χ0v) is 18.0. The number of benzene rings is 1. The number of nitro benzene ring substituents is 1. The van der Waals surface area contributed by atoms with Gasteiger partial charge in [0.1, 0.15) is 0 Å². The van der Waals surface area contributed by atoms with Gasteiger partial charge in [0.05, 0.1) is 22.4 Å². The van der Waals surface area contributed by atoms with Crippen LogP contribution in [0.4, 0.5) is 5.69 Å². The topological polar surface area (TPSA) is 97.4 Å². The zero-order chi connectivity index (χ0) is 22.5. The number of rotatable bonds is 7. The monoisotopic (exact) mass is 434 g/mol. The average molecular weight is 435 g/mol. The van der Waals surface area contributed by atoms with E-state index in [1.807, 2.05) is 30.3 Å². The molecule has 0 N–H and O–H groups in total. The summed E-state index contributed by atoms with van der Waals surface area (Å²) < 4.78 is 1.56. The van der Waals surface area contributed by atoms with Crippen molar-refractivity contribution in [3.63, 3.8) is 0 Å². The number of nitro groups is 1. The van der Waals surface area contributed by atoms with E-state index in [-0.39, 0.29) is 17.6 Å². The number of likely N-dealkylation sites (tertiary alicyclic amines) is 1. The van der Waals surface area contributed by atoms with Crippen molar-refractivity contribution in [1.82, 2.24) is 24.6 Å². The molecule has 32 heavy (non-hydrogen) atoms. The molecule has 1 aromatic carbocycles. The fraction of sp³-hybridized carbons (Fsp3) is 0.348. The molecule has 1 amide bonds. The van der Waals surface area contributed by atoms with E-state index in [0.29, 0.717) is 11.3 Å². The largest absolute Gasteiger partial charge is 0.339 e. The fourth-order valence-electron chi connectivity index (χ4n) is 4.02. The van der Waals surface area contributed by atoms with Crippen LogP contribution in [0.1, 0.15) is 28.9 Å². The van der Waals surface area contributed by atoms with Crippen molar-refractivity contribution in [2.75, 3.05) is 26.7 Å². The van der Waals surface area contributed by atoms with Crippen LogP contribution in [0.25, 0.3) is 5.69 Å². The van der Waals surface area contributed by atoms with Gasteiger partial charge in [-0.3, -0.25) is 19.9 Å². The van der Waals surface area contributed by atoms with Crippen molar-refractivity contribution in [3.05, 3.63) is 82.4 Å². The number of amides is 1. The number of non-ortho nitro benzene ring substituents is 1. The Bertz CT molecular complexity index is 1060. The summed E-state index contributed by atoms with van der Waals surface area (Å²) in [6.45, 7) is 2.89. The van der Waals surface area contributed by atoms with E-state index in [1.165, 1.54) is 12.1 Å². The Labute approximate surface area is 186 Å². The molecule has 0 saturated carbocycles. The number of carbonyl (C=O) groups excluding carboxylic acids is 1. The average Bonchev–Trinajstić information content (AvgIpc) is 3.33. The summed E-state index contributed by atoms with van der Waals surface area (Å²) in [6, 6.07) is 12.3. The second kappa shape index (κ2) is 9.69. The highest BCUT2D eigenvalue weighted by Crippen LogP contribution is 2.19. The standard InChI is InChI=1S/C23H26N6O3/c1-26(20-10-14-27(15-11-20)13-9-19-4-2-3-12-24-19)23(30)18-16-25-28(17-18)21-5-7-22(8-6-21)29(31)32/h2-8,12,16-17,20H,9-11,13-15H2,1H3. The third-order valence-electron chi connectivity index (χ3n) is 5.99. The summed E-state index contributed by atoms with van der Waals surface area (Å²) in [6.07, 6.45) is 7.83. The Morgan fingerprint density at radius 1 is 1.19 bits per heavy atom. The van der Waals surface area contributed by atoms with Gasteiger partial charge in [0, 0.05) is 69.4 Å². The smallest absolute Gasteiger partial charge is 0.269 e. The van der Waals surface area contributed by atoms with Crippen LogP contribution in [-0.2, 0) is 6.42 Å². The van der Waals surface area contributed by atoms with Crippen LogP contribution in [0.15, 0.2) is 61.1 Å². The minimum Gasteiger partial charge on any atom is -0.339 e. The van der Waals surface area contributed by atoms with Crippen LogP contribution in [0.3, 0.4) is 0 Å². The van der Waals surface area contributed by atoms with Gasteiger partial charge in [0.15, 0.2) is 0 Å². The predicted molar refractivity (Wildman–Crippen MR) is 120 cm³/mol. The van der Waals surface area contributed by atoms with E-state index >= 15 is 0 Å². The summed E-state index contributed by atoms with van der Waals surface area (Å²) in [4.78, 5) is 32.0. The first-order valence-corrected chi connectivity index (χ1v) is 10.7. The van der Waals surface area contributed by atoms with E-state index in [9.17, 15) is 14.9 Å². The van der Waals surface area contributed by atoms with Gasteiger partial charge in [-0.2, -0.15) is 5.10 Å². The van der Waals surface area contributed by atoms with Crippen molar-refractivity contribution < 1.29 is 9.72 Å². The second-order valence-corrected chi connectivity index (χ2v) is 8.01. The Morgan fingerprint density at radius 3 is 2.59 bits per heavy atom. The SMILES string of the molecule is CN(C(=O)c1cnn(-c2ccc([N+](=O)[O-])cc2)c1)C1CCN(CCc2ccccn2)CC1. The summed E-state index contributed by atoms with van der Waals surface area (Å²) in [5.41, 5.74) is 2.29. The molecule has 0 unspecified atom stereocenters. The van der Waals surface area contributed by atoms with Crippen molar-refractivity contribution in [2.24, 2.45) is 0 Å². The van der Waals surface area contributed by atoms with Crippen molar-refractivity contribution in [1.29, 1.82) is 0 Å². The van der Waals surface area contributed by atoms with Gasteiger partial charge >= 0.3 is 0 Å². The lowest BCUT2D eigenvalue weighted by Gasteiger charge is -2.36. The molecule has 0 bridgehead atoms. The molecule has 3 aromatic rings. The van der Waals surface area contributed by atoms with Gasteiger partial charge in [-0.05, 0) is 37.1 Å². The van der Waals surface area contributed by atoms with Crippen LogP contribution in [0.2, 0.25) is 0 Å². The lowest BCUT2D eigenvalue weighted by atomic mass is 10.0. The lowest BCUT2D eigenvalue weighted by Crippen LogP contribution is -2.46. The van der Waals surface area contributed by atoms with Gasteiger partial charge in [-0.25, -0.2) is 4.68 Å². The van der Waals surface area contributed by atoms with Crippen LogP contribution in [0, 0.1) is 10.1 Å². The first kappa shape index (κ1) is 21.6. The van der Waals surface area contributed by atoms with Gasteiger partial charge in [-0.1, -0.05) is 6.07 Å². The predicted octanol–water partition coefficient (Wildman–Crippen LogP) is 2.95. The number of aromatic nitrogens is 3. The van der Waals surface area contributed by atoms with Gasteiger partial charge in [-0.15, -0.1) is 0 Å². The Kier molecular flexibility index (Phi) is 6.55. The van der Waals surface area contributed by atoms with Crippen LogP contribution in [0.5, 0.6) is 0 Å². The maximum absolute atomic E-state index is 13.0. The summed E-state index contributed by atoms with van der Waals surface area (Å²) in [5.74, 6) is -0.0647. The third kappa shape index (κ3) is 5.00. The molecule has 0 radical (unpaired) electrons. The van der Waals surface area contributed by atoms with Crippen LogP contribution >= 0.6 is 0 Å². The van der Waals surface area contributed by atoms with E-state index in [1.54, 1.807) is 29.2 Å². The maximum Gasteiger partial charge on any atom is 0.269 e. The van der Waals surface area contributed by atoms with Crippen molar-refractivity contribution in [2.45, 2.75) is 25.3 Å². The molecule has 4 rings (SSSR count). The highest BCUT2D eigenvalue weighted by molar-refractivity contribution is 5.93. The fourth-order valence-corrected chi connectivity index (χ4v) is 4.02. The molecule has 0 aliphatic carbocycles. The molecule has 2 aromatic heterocycles. The minimum atomic E-state index is -0.444. The summed E-state index contributed by atoms with van der Waals surface area (Å²) in [5, 5.41) is 15.1. The summed E-state index contributed by atoms with van der Waals surface area (Å²) >= 11 is 0. The number of nitrogens with zero attached hydrogens (tertiary/aromatic N) is 6. The van der Waals surface area contributed by atoms with Crippen molar-refractivity contribution >= 4 is 11.6 Å². The zero-order valence-electron chi connectivity index (χ0n) is 18.0. The van der Waals surface area contributed by atoms with Gasteiger partial charge in [0.25, 0.3) is 11.6 Å². The molecule has 1 fully saturated rings.